The number of carbonyl (C=O) groups excluding carboxylic acids is 1. The number of aromatic amines is 1. The number of nitrogens with one attached hydrogen (secondary N) is 1. The lowest BCUT2D eigenvalue weighted by Crippen LogP contribution is -2.29. The molecule has 0 aliphatic heterocycles. The van der Waals surface area contributed by atoms with E-state index in [1.807, 2.05) is 0 Å². The first-order valence-corrected chi connectivity index (χ1v) is 8.47. The molecule has 0 fully saturated rings. The van der Waals surface area contributed by atoms with Gasteiger partial charge in [-0.1, -0.05) is 0 Å². The zero-order valence-corrected chi connectivity index (χ0v) is 16.3. The van der Waals surface area contributed by atoms with Crippen LogP contribution in [0.15, 0.2) is 16.9 Å². The van der Waals surface area contributed by atoms with E-state index >= 15 is 0 Å². The number of benzene rings is 1. The molecule has 3 N–H and O–H groups in total. The summed E-state index contributed by atoms with van der Waals surface area (Å²) in [5.41, 5.74) is -0.198. The standard InChI is InChI=1S/C20H25NO6/c1-10-13(7-8-15(23)20(3,4)25)21-17-16(18(10)24)14(26-5)9-12(11(2)22)19(17)27-6/h7-9,11,22,25H,1-6H3,(H,21,24). The molecule has 27 heavy (non-hydrogen) atoms. The van der Waals surface area contributed by atoms with Crippen LogP contribution in [-0.2, 0) is 4.79 Å². The van der Waals surface area contributed by atoms with E-state index in [-0.39, 0.29) is 5.43 Å². The van der Waals surface area contributed by atoms with Gasteiger partial charge in [0.1, 0.15) is 17.1 Å². The molecule has 2 aromatic rings. The Morgan fingerprint density at radius 2 is 1.93 bits per heavy atom. The van der Waals surface area contributed by atoms with Crippen LogP contribution in [0.4, 0.5) is 0 Å². The molecule has 7 nitrogen and oxygen atoms in total. The fourth-order valence-electron chi connectivity index (χ4n) is 2.76. The number of pyridine rings is 1. The number of H-pyrrole nitrogens is 1. The average molecular weight is 375 g/mol. The lowest BCUT2D eigenvalue weighted by molar-refractivity contribution is -0.128. The van der Waals surface area contributed by atoms with Gasteiger partial charge in [-0.15, -0.1) is 0 Å². The molecule has 0 saturated carbocycles. The summed E-state index contributed by atoms with van der Waals surface area (Å²) in [6.07, 6.45) is 1.81. The number of ether oxygens (including phenoxy) is 2. The number of aliphatic hydroxyl groups is 2. The van der Waals surface area contributed by atoms with Gasteiger partial charge in [-0.2, -0.15) is 0 Å². The largest absolute Gasteiger partial charge is 0.496 e. The number of hydrogen-bond donors (Lipinski definition) is 3. The fraction of sp³-hybridized carbons (Fsp3) is 0.400. The molecule has 1 heterocycles. The lowest BCUT2D eigenvalue weighted by Gasteiger charge is -2.17. The highest BCUT2D eigenvalue weighted by molar-refractivity contribution is 5.99. The molecule has 1 aromatic carbocycles. The molecule has 1 aromatic heterocycles. The van der Waals surface area contributed by atoms with Crippen LogP contribution in [0.2, 0.25) is 0 Å². The van der Waals surface area contributed by atoms with Gasteiger partial charge in [0.25, 0.3) is 0 Å². The van der Waals surface area contributed by atoms with Crippen molar-refractivity contribution in [1.82, 2.24) is 4.98 Å². The van der Waals surface area contributed by atoms with Gasteiger partial charge in [0.2, 0.25) is 0 Å². The van der Waals surface area contributed by atoms with Crippen LogP contribution < -0.4 is 14.9 Å². The quantitative estimate of drug-likeness (QED) is 0.668. The first-order chi connectivity index (χ1) is 12.5. The average Bonchev–Trinajstić information content (AvgIpc) is 2.60. The van der Waals surface area contributed by atoms with Gasteiger partial charge in [-0.05, 0) is 45.9 Å². The summed E-state index contributed by atoms with van der Waals surface area (Å²) in [6.45, 7) is 5.98. The lowest BCUT2D eigenvalue weighted by atomic mass is 10.0. The predicted molar refractivity (Wildman–Crippen MR) is 103 cm³/mol. The molecular formula is C20H25NO6. The van der Waals surface area contributed by atoms with Crippen LogP contribution >= 0.6 is 0 Å². The third kappa shape index (κ3) is 3.89. The van der Waals surface area contributed by atoms with Gasteiger partial charge in [-0.3, -0.25) is 9.59 Å². The van der Waals surface area contributed by atoms with E-state index in [2.05, 4.69) is 4.98 Å². The van der Waals surface area contributed by atoms with Crippen molar-refractivity contribution in [3.05, 3.63) is 39.2 Å². The van der Waals surface area contributed by atoms with E-state index < -0.39 is 17.5 Å². The highest BCUT2D eigenvalue weighted by Crippen LogP contribution is 2.37. The highest BCUT2D eigenvalue weighted by Gasteiger charge is 2.23. The Balaban J connectivity index is 2.84. The van der Waals surface area contributed by atoms with Crippen molar-refractivity contribution in [3.63, 3.8) is 0 Å². The normalized spacial score (nSPS) is 13.2. The first-order valence-electron chi connectivity index (χ1n) is 8.47. The Hall–Kier alpha value is -2.64. The van der Waals surface area contributed by atoms with Crippen LogP contribution in [0.5, 0.6) is 11.5 Å². The Morgan fingerprint density at radius 3 is 2.41 bits per heavy atom. The number of rotatable bonds is 6. The van der Waals surface area contributed by atoms with Crippen LogP contribution in [0, 0.1) is 6.92 Å². The second kappa shape index (κ2) is 7.54. The summed E-state index contributed by atoms with van der Waals surface area (Å²) in [5, 5.41) is 20.1. The monoisotopic (exact) mass is 375 g/mol. The van der Waals surface area contributed by atoms with Gasteiger partial charge < -0.3 is 24.7 Å². The van der Waals surface area contributed by atoms with Crippen molar-refractivity contribution in [2.24, 2.45) is 0 Å². The zero-order chi connectivity index (χ0) is 20.5. The van der Waals surface area contributed by atoms with E-state index in [0.717, 1.165) is 0 Å². The van der Waals surface area contributed by atoms with E-state index in [1.165, 1.54) is 40.2 Å². The van der Waals surface area contributed by atoms with Gasteiger partial charge in [0.15, 0.2) is 11.2 Å². The molecule has 0 radical (unpaired) electrons. The maximum absolute atomic E-state index is 12.9. The second-order valence-electron chi connectivity index (χ2n) is 6.88. The number of aromatic nitrogens is 1. The van der Waals surface area contributed by atoms with E-state index in [9.17, 15) is 19.8 Å². The van der Waals surface area contributed by atoms with Crippen molar-refractivity contribution < 1.29 is 24.5 Å². The van der Waals surface area contributed by atoms with E-state index in [0.29, 0.717) is 39.2 Å². The molecule has 1 unspecified atom stereocenters. The fourth-order valence-corrected chi connectivity index (χ4v) is 2.76. The minimum Gasteiger partial charge on any atom is -0.496 e. The second-order valence-corrected chi connectivity index (χ2v) is 6.88. The maximum Gasteiger partial charge on any atom is 0.196 e. The zero-order valence-electron chi connectivity index (χ0n) is 16.3. The van der Waals surface area contributed by atoms with Crippen LogP contribution in [0.1, 0.15) is 43.7 Å². The summed E-state index contributed by atoms with van der Waals surface area (Å²) in [4.78, 5) is 28.0. The van der Waals surface area contributed by atoms with Gasteiger partial charge in [0.05, 0.1) is 31.2 Å². The van der Waals surface area contributed by atoms with E-state index in [1.54, 1.807) is 19.9 Å². The number of hydrogen-bond acceptors (Lipinski definition) is 6. The maximum atomic E-state index is 12.9. The minimum absolute atomic E-state index is 0.286. The number of methoxy groups -OCH3 is 2. The molecule has 146 valence electrons. The third-order valence-electron chi connectivity index (χ3n) is 4.38. The minimum atomic E-state index is -1.51. The number of fused-ring (bicyclic) bond motifs is 1. The van der Waals surface area contributed by atoms with Crippen LogP contribution in [-0.4, -0.2) is 40.8 Å². The molecule has 2 rings (SSSR count). The SMILES string of the molecule is COc1c(C(C)O)cc(OC)c2c(=O)c(C)c(C=CC(=O)C(C)(C)O)[nH]c12. The Morgan fingerprint density at radius 1 is 1.30 bits per heavy atom. The Bertz CT molecular complexity index is 963. The smallest absolute Gasteiger partial charge is 0.196 e. The Kier molecular flexibility index (Phi) is 5.77. The summed E-state index contributed by atoms with van der Waals surface area (Å²) in [5.74, 6) is 0.139. The van der Waals surface area contributed by atoms with Gasteiger partial charge in [-0.25, -0.2) is 0 Å². The third-order valence-corrected chi connectivity index (χ3v) is 4.38. The summed E-state index contributed by atoms with van der Waals surface area (Å²) in [7, 11) is 2.89. The molecule has 0 saturated heterocycles. The molecule has 0 amide bonds. The topological polar surface area (TPSA) is 109 Å². The molecule has 7 heteroatoms. The van der Waals surface area contributed by atoms with Crippen molar-refractivity contribution in [2.75, 3.05) is 14.2 Å². The highest BCUT2D eigenvalue weighted by atomic mass is 16.5. The number of ketones is 1. The van der Waals surface area contributed by atoms with E-state index in [4.69, 9.17) is 9.47 Å². The van der Waals surface area contributed by atoms with Gasteiger partial charge >= 0.3 is 0 Å². The summed E-state index contributed by atoms with van der Waals surface area (Å²) in [6, 6.07) is 1.58. The molecule has 0 spiro atoms. The van der Waals surface area contributed by atoms with Crippen LogP contribution in [0.25, 0.3) is 17.0 Å². The molecule has 0 aliphatic carbocycles. The molecule has 0 aliphatic rings. The molecule has 1 atom stereocenters. The molecular weight excluding hydrogens is 350 g/mol. The number of carbonyl (C=O) groups is 1. The van der Waals surface area contributed by atoms with Crippen molar-refractivity contribution in [3.8, 4) is 11.5 Å². The summed E-state index contributed by atoms with van der Waals surface area (Å²) < 4.78 is 10.8. The Labute approximate surface area is 157 Å². The van der Waals surface area contributed by atoms with Gasteiger partial charge in [0, 0.05) is 16.8 Å². The van der Waals surface area contributed by atoms with Crippen molar-refractivity contribution in [1.29, 1.82) is 0 Å². The molecule has 0 bridgehead atoms. The van der Waals surface area contributed by atoms with Crippen molar-refractivity contribution in [2.45, 2.75) is 39.4 Å². The number of aliphatic hydroxyl groups excluding tert-OH is 1. The van der Waals surface area contributed by atoms with Crippen molar-refractivity contribution >= 4 is 22.8 Å². The predicted octanol–water partition coefficient (Wildman–Crippen LogP) is 2.26. The summed E-state index contributed by atoms with van der Waals surface area (Å²) >= 11 is 0. The van der Waals surface area contributed by atoms with Crippen LogP contribution in [0.3, 0.4) is 0 Å². The first kappa shape index (κ1) is 20.7.